The Balaban J connectivity index is 2.17. The van der Waals surface area contributed by atoms with Gasteiger partial charge < -0.3 is 5.11 Å². The SMILES string of the molecule is CC1CC(=O)N(CC2(C(=O)O)CCCCCC2)C(=O)C1. The fourth-order valence-electron chi connectivity index (χ4n) is 3.35. The molecule has 112 valence electrons. The van der Waals surface area contributed by atoms with E-state index in [9.17, 15) is 19.5 Å². The Labute approximate surface area is 119 Å². The summed E-state index contributed by atoms with van der Waals surface area (Å²) < 4.78 is 0. The van der Waals surface area contributed by atoms with Crippen LogP contribution in [0.4, 0.5) is 0 Å². The number of likely N-dealkylation sites (tertiary alicyclic amines) is 1. The first kappa shape index (κ1) is 15.0. The summed E-state index contributed by atoms with van der Waals surface area (Å²) in [6.45, 7) is 1.94. The molecule has 0 aromatic carbocycles. The van der Waals surface area contributed by atoms with Crippen molar-refractivity contribution in [3.8, 4) is 0 Å². The molecule has 0 aromatic heterocycles. The molecule has 5 heteroatoms. The number of nitrogens with zero attached hydrogens (tertiary/aromatic N) is 1. The van der Waals surface area contributed by atoms with Crippen molar-refractivity contribution in [1.82, 2.24) is 4.90 Å². The zero-order chi connectivity index (χ0) is 14.8. The predicted molar refractivity (Wildman–Crippen MR) is 72.9 cm³/mol. The fourth-order valence-corrected chi connectivity index (χ4v) is 3.35. The van der Waals surface area contributed by atoms with Gasteiger partial charge in [-0.25, -0.2) is 0 Å². The van der Waals surface area contributed by atoms with Gasteiger partial charge in [0.15, 0.2) is 0 Å². The van der Waals surface area contributed by atoms with Gasteiger partial charge in [-0.15, -0.1) is 0 Å². The van der Waals surface area contributed by atoms with Crippen molar-refractivity contribution in [2.45, 2.75) is 58.3 Å². The average Bonchev–Trinajstić information content (AvgIpc) is 2.60. The lowest BCUT2D eigenvalue weighted by atomic mass is 9.79. The number of hydrogen-bond acceptors (Lipinski definition) is 3. The Kier molecular flexibility index (Phi) is 4.45. The van der Waals surface area contributed by atoms with Crippen LogP contribution in [-0.4, -0.2) is 34.3 Å². The van der Waals surface area contributed by atoms with Gasteiger partial charge >= 0.3 is 5.97 Å². The molecule has 20 heavy (non-hydrogen) atoms. The molecule has 0 radical (unpaired) electrons. The van der Waals surface area contributed by atoms with Crippen LogP contribution in [0.1, 0.15) is 58.3 Å². The highest BCUT2D eigenvalue weighted by atomic mass is 16.4. The molecule has 5 nitrogen and oxygen atoms in total. The van der Waals surface area contributed by atoms with Crippen molar-refractivity contribution in [2.75, 3.05) is 6.54 Å². The van der Waals surface area contributed by atoms with Crippen LogP contribution in [0.25, 0.3) is 0 Å². The van der Waals surface area contributed by atoms with Gasteiger partial charge in [-0.3, -0.25) is 19.3 Å². The van der Waals surface area contributed by atoms with Gasteiger partial charge in [-0.1, -0.05) is 32.6 Å². The molecule has 2 amide bonds. The smallest absolute Gasteiger partial charge is 0.311 e. The Morgan fingerprint density at radius 2 is 1.65 bits per heavy atom. The molecule has 0 aromatic rings. The lowest BCUT2D eigenvalue weighted by Crippen LogP contribution is -2.50. The highest BCUT2D eigenvalue weighted by Gasteiger charge is 2.44. The van der Waals surface area contributed by atoms with Crippen LogP contribution in [-0.2, 0) is 14.4 Å². The highest BCUT2D eigenvalue weighted by molar-refractivity contribution is 5.98. The highest BCUT2D eigenvalue weighted by Crippen LogP contribution is 2.37. The first-order chi connectivity index (χ1) is 9.44. The standard InChI is InChI=1S/C15H23NO4/c1-11-8-12(17)16(13(18)9-11)10-15(14(19)20)6-4-2-3-5-7-15/h11H,2-10H2,1H3,(H,19,20). The van der Waals surface area contributed by atoms with E-state index in [2.05, 4.69) is 0 Å². The minimum Gasteiger partial charge on any atom is -0.481 e. The van der Waals surface area contributed by atoms with Crippen molar-refractivity contribution in [1.29, 1.82) is 0 Å². The number of piperidine rings is 1. The van der Waals surface area contributed by atoms with E-state index in [-0.39, 0.29) is 24.3 Å². The molecule has 2 aliphatic rings. The summed E-state index contributed by atoms with van der Waals surface area (Å²) in [6.07, 6.45) is 5.62. The van der Waals surface area contributed by atoms with Crippen LogP contribution in [0.5, 0.6) is 0 Å². The summed E-state index contributed by atoms with van der Waals surface area (Å²) >= 11 is 0. The van der Waals surface area contributed by atoms with Crippen molar-refractivity contribution in [3.05, 3.63) is 0 Å². The third-order valence-corrected chi connectivity index (χ3v) is 4.62. The van der Waals surface area contributed by atoms with E-state index in [4.69, 9.17) is 0 Å². The van der Waals surface area contributed by atoms with Gasteiger partial charge in [0.25, 0.3) is 0 Å². The van der Waals surface area contributed by atoms with E-state index in [1.54, 1.807) is 0 Å². The molecule has 0 bridgehead atoms. The molecule has 1 aliphatic carbocycles. The number of rotatable bonds is 3. The van der Waals surface area contributed by atoms with Crippen LogP contribution in [0.3, 0.4) is 0 Å². The summed E-state index contributed by atoms with van der Waals surface area (Å²) in [6, 6.07) is 0. The van der Waals surface area contributed by atoms with Crippen molar-refractivity contribution in [3.63, 3.8) is 0 Å². The minimum atomic E-state index is -0.928. The largest absolute Gasteiger partial charge is 0.481 e. The van der Waals surface area contributed by atoms with Gasteiger partial charge in [-0.2, -0.15) is 0 Å². The summed E-state index contributed by atoms with van der Waals surface area (Å²) in [5, 5.41) is 9.62. The van der Waals surface area contributed by atoms with Gasteiger partial charge in [0.05, 0.1) is 5.41 Å². The zero-order valence-electron chi connectivity index (χ0n) is 12.1. The van der Waals surface area contributed by atoms with Gasteiger partial charge in [0, 0.05) is 19.4 Å². The van der Waals surface area contributed by atoms with Crippen LogP contribution in [0, 0.1) is 11.3 Å². The number of amides is 2. The molecule has 0 unspecified atom stereocenters. The maximum atomic E-state index is 12.1. The minimum absolute atomic E-state index is 0.0622. The summed E-state index contributed by atoms with van der Waals surface area (Å²) in [4.78, 5) is 37.0. The third kappa shape index (κ3) is 3.02. The second-order valence-corrected chi connectivity index (χ2v) is 6.39. The Bertz CT molecular complexity index is 392. The number of carboxylic acids is 1. The maximum absolute atomic E-state index is 12.1. The third-order valence-electron chi connectivity index (χ3n) is 4.62. The monoisotopic (exact) mass is 281 g/mol. The lowest BCUT2D eigenvalue weighted by molar-refractivity contribution is -0.158. The maximum Gasteiger partial charge on any atom is 0.311 e. The summed E-state index contributed by atoms with van der Waals surface area (Å²) in [5.41, 5.74) is -0.928. The van der Waals surface area contributed by atoms with E-state index in [0.29, 0.717) is 25.7 Å². The fraction of sp³-hybridized carbons (Fsp3) is 0.800. The number of aliphatic carboxylic acids is 1. The topological polar surface area (TPSA) is 74.7 Å². The van der Waals surface area contributed by atoms with Crippen LogP contribution in [0.2, 0.25) is 0 Å². The van der Waals surface area contributed by atoms with Crippen LogP contribution >= 0.6 is 0 Å². The van der Waals surface area contributed by atoms with Gasteiger partial charge in [0.1, 0.15) is 0 Å². The summed E-state index contributed by atoms with van der Waals surface area (Å²) in [5.74, 6) is -1.21. The molecular weight excluding hydrogens is 258 g/mol. The molecular formula is C15H23NO4. The first-order valence-corrected chi connectivity index (χ1v) is 7.51. The molecule has 1 N–H and O–H groups in total. The lowest BCUT2D eigenvalue weighted by Gasteiger charge is -2.36. The van der Waals surface area contributed by atoms with E-state index in [1.165, 1.54) is 4.90 Å². The summed E-state index contributed by atoms with van der Waals surface area (Å²) in [7, 11) is 0. The van der Waals surface area contributed by atoms with Gasteiger partial charge in [-0.05, 0) is 18.8 Å². The molecule has 2 fully saturated rings. The number of carbonyl (C=O) groups is 3. The van der Waals surface area contributed by atoms with E-state index < -0.39 is 11.4 Å². The molecule has 0 atom stereocenters. The first-order valence-electron chi connectivity index (χ1n) is 7.51. The molecule has 1 heterocycles. The Morgan fingerprint density at radius 1 is 1.15 bits per heavy atom. The van der Waals surface area contributed by atoms with E-state index >= 15 is 0 Å². The second kappa shape index (κ2) is 5.94. The number of carboxylic acid groups (broad SMARTS) is 1. The van der Waals surface area contributed by atoms with Gasteiger partial charge in [0.2, 0.25) is 11.8 Å². The quantitative estimate of drug-likeness (QED) is 0.635. The van der Waals surface area contributed by atoms with Crippen LogP contribution in [0.15, 0.2) is 0 Å². The van der Waals surface area contributed by atoms with Crippen LogP contribution < -0.4 is 0 Å². The molecule has 1 aliphatic heterocycles. The molecule has 2 rings (SSSR count). The Morgan fingerprint density at radius 3 is 2.10 bits per heavy atom. The van der Waals surface area contributed by atoms with E-state index in [1.807, 2.05) is 6.92 Å². The number of carbonyl (C=O) groups excluding carboxylic acids is 2. The number of imide groups is 1. The normalized spacial score (nSPS) is 24.6. The zero-order valence-corrected chi connectivity index (χ0v) is 12.1. The molecule has 1 saturated carbocycles. The average molecular weight is 281 g/mol. The van der Waals surface area contributed by atoms with Crippen molar-refractivity contribution in [2.24, 2.45) is 11.3 Å². The molecule has 0 spiro atoms. The van der Waals surface area contributed by atoms with Crippen molar-refractivity contribution >= 4 is 17.8 Å². The van der Waals surface area contributed by atoms with Crippen molar-refractivity contribution < 1.29 is 19.5 Å². The van der Waals surface area contributed by atoms with E-state index in [0.717, 1.165) is 25.7 Å². The number of hydrogen-bond donors (Lipinski definition) is 1. The second-order valence-electron chi connectivity index (χ2n) is 6.39. The predicted octanol–water partition coefficient (Wildman–Crippen LogP) is 2.20. The molecule has 1 saturated heterocycles. The Hall–Kier alpha value is -1.39.